The number of aryl methyl sites for hydroxylation is 1. The van der Waals surface area contributed by atoms with E-state index in [9.17, 15) is 4.79 Å². The van der Waals surface area contributed by atoms with Crippen LogP contribution in [0.4, 0.5) is 0 Å². The van der Waals surface area contributed by atoms with Crippen LogP contribution in [-0.4, -0.2) is 24.8 Å². The number of rotatable bonds is 5. The van der Waals surface area contributed by atoms with E-state index in [-0.39, 0.29) is 18.2 Å². The number of ether oxygens (including phenoxy) is 2. The molecule has 0 saturated carbocycles. The molecule has 86 valence electrons. The molecule has 1 fully saturated rings. The fourth-order valence-electron chi connectivity index (χ4n) is 1.75. The molecule has 0 bridgehead atoms. The van der Waals surface area contributed by atoms with Gasteiger partial charge in [0, 0.05) is 0 Å². The van der Waals surface area contributed by atoms with Gasteiger partial charge in [-0.2, -0.15) is 0 Å². The molecule has 1 heterocycles. The summed E-state index contributed by atoms with van der Waals surface area (Å²) in [7, 11) is 0. The van der Waals surface area contributed by atoms with Gasteiger partial charge in [-0.1, -0.05) is 30.3 Å². The highest BCUT2D eigenvalue weighted by molar-refractivity contribution is 5.77. The molecular weight excluding hydrogens is 204 g/mol. The lowest BCUT2D eigenvalue weighted by molar-refractivity contribution is -0.144. The summed E-state index contributed by atoms with van der Waals surface area (Å²) in [5.41, 5.74) is 1.28. The number of carbonyl (C=O) groups excluding carboxylic acids is 1. The third-order valence-electron chi connectivity index (χ3n) is 2.66. The Hall–Kier alpha value is -1.35. The summed E-state index contributed by atoms with van der Waals surface area (Å²) in [6.07, 6.45) is 1.57. The SMILES string of the molecule is CCOC(=O)[C@@H]1O[C@H]1CCc1ccccc1. The van der Waals surface area contributed by atoms with Crippen molar-refractivity contribution < 1.29 is 14.3 Å². The molecule has 3 nitrogen and oxygen atoms in total. The molecule has 1 aromatic carbocycles. The number of hydrogen-bond donors (Lipinski definition) is 0. The number of esters is 1. The minimum atomic E-state index is -0.316. The van der Waals surface area contributed by atoms with Crippen molar-refractivity contribution in [3.8, 4) is 0 Å². The maximum atomic E-state index is 11.3. The fourth-order valence-corrected chi connectivity index (χ4v) is 1.75. The van der Waals surface area contributed by atoms with Crippen LogP contribution in [0.1, 0.15) is 18.9 Å². The standard InChI is InChI=1S/C13H16O3/c1-2-15-13(14)12-11(16-12)9-8-10-6-4-3-5-7-10/h3-7,11-12H,2,8-9H2,1H3/t11-,12+/m0/s1. The second kappa shape index (κ2) is 5.12. The highest BCUT2D eigenvalue weighted by Crippen LogP contribution is 2.27. The van der Waals surface area contributed by atoms with Crippen LogP contribution in [0, 0.1) is 0 Å². The Bertz CT molecular complexity index is 347. The van der Waals surface area contributed by atoms with Gasteiger partial charge < -0.3 is 9.47 Å². The van der Waals surface area contributed by atoms with E-state index < -0.39 is 0 Å². The normalized spacial score (nSPS) is 22.8. The monoisotopic (exact) mass is 220 g/mol. The van der Waals surface area contributed by atoms with Gasteiger partial charge in [0.25, 0.3) is 0 Å². The summed E-state index contributed by atoms with van der Waals surface area (Å²) >= 11 is 0. The van der Waals surface area contributed by atoms with Crippen LogP contribution in [0.25, 0.3) is 0 Å². The Morgan fingerprint density at radius 3 is 2.81 bits per heavy atom. The molecular formula is C13H16O3. The highest BCUT2D eigenvalue weighted by atomic mass is 16.6. The van der Waals surface area contributed by atoms with Crippen molar-refractivity contribution in [2.24, 2.45) is 0 Å². The average Bonchev–Trinajstić information content (AvgIpc) is 3.08. The van der Waals surface area contributed by atoms with Crippen LogP contribution in [0.15, 0.2) is 30.3 Å². The first-order chi connectivity index (χ1) is 7.81. The number of epoxide rings is 1. The first-order valence-corrected chi connectivity index (χ1v) is 5.67. The number of hydrogen-bond acceptors (Lipinski definition) is 3. The van der Waals surface area contributed by atoms with E-state index in [1.165, 1.54) is 5.56 Å². The Morgan fingerprint density at radius 2 is 2.12 bits per heavy atom. The van der Waals surface area contributed by atoms with Crippen LogP contribution < -0.4 is 0 Å². The van der Waals surface area contributed by atoms with Gasteiger partial charge in [-0.25, -0.2) is 4.79 Å². The van der Waals surface area contributed by atoms with E-state index in [4.69, 9.17) is 9.47 Å². The third kappa shape index (κ3) is 2.83. The van der Waals surface area contributed by atoms with E-state index in [1.807, 2.05) is 18.2 Å². The minimum absolute atomic E-state index is 0.0549. The van der Waals surface area contributed by atoms with Crippen molar-refractivity contribution in [2.45, 2.75) is 32.0 Å². The molecule has 0 N–H and O–H groups in total. The van der Waals surface area contributed by atoms with E-state index in [2.05, 4.69) is 12.1 Å². The molecule has 0 amide bonds. The zero-order valence-electron chi connectivity index (χ0n) is 9.39. The predicted molar refractivity (Wildman–Crippen MR) is 60.1 cm³/mol. The fraction of sp³-hybridized carbons (Fsp3) is 0.462. The van der Waals surface area contributed by atoms with E-state index in [1.54, 1.807) is 6.92 Å². The molecule has 2 rings (SSSR count). The second-order valence-corrected chi connectivity index (χ2v) is 3.87. The molecule has 0 aliphatic carbocycles. The lowest BCUT2D eigenvalue weighted by Gasteiger charge is -1.98. The van der Waals surface area contributed by atoms with Crippen LogP contribution >= 0.6 is 0 Å². The van der Waals surface area contributed by atoms with Crippen molar-refractivity contribution in [3.05, 3.63) is 35.9 Å². The second-order valence-electron chi connectivity index (χ2n) is 3.87. The van der Waals surface area contributed by atoms with Crippen LogP contribution in [0.3, 0.4) is 0 Å². The van der Waals surface area contributed by atoms with E-state index >= 15 is 0 Å². The highest BCUT2D eigenvalue weighted by Gasteiger charge is 2.45. The van der Waals surface area contributed by atoms with Crippen molar-refractivity contribution in [1.29, 1.82) is 0 Å². The van der Waals surface area contributed by atoms with Gasteiger partial charge >= 0.3 is 5.97 Å². The Kier molecular flexibility index (Phi) is 3.57. The maximum Gasteiger partial charge on any atom is 0.337 e. The summed E-state index contributed by atoms with van der Waals surface area (Å²) < 4.78 is 10.2. The maximum absolute atomic E-state index is 11.3. The molecule has 16 heavy (non-hydrogen) atoms. The lowest BCUT2D eigenvalue weighted by atomic mass is 10.1. The van der Waals surface area contributed by atoms with Gasteiger partial charge in [0.05, 0.1) is 12.7 Å². The Morgan fingerprint density at radius 1 is 1.38 bits per heavy atom. The van der Waals surface area contributed by atoms with Gasteiger partial charge in [-0.3, -0.25) is 0 Å². The van der Waals surface area contributed by atoms with Crippen LogP contribution in [0.5, 0.6) is 0 Å². The van der Waals surface area contributed by atoms with Crippen molar-refractivity contribution in [2.75, 3.05) is 6.61 Å². The number of benzene rings is 1. The van der Waals surface area contributed by atoms with Crippen LogP contribution in [0.2, 0.25) is 0 Å². The summed E-state index contributed by atoms with van der Waals surface area (Å²) in [5, 5.41) is 0. The molecule has 0 radical (unpaired) electrons. The van der Waals surface area contributed by atoms with E-state index in [0.717, 1.165) is 12.8 Å². The van der Waals surface area contributed by atoms with Crippen LogP contribution in [-0.2, 0) is 20.7 Å². The Labute approximate surface area is 95.4 Å². The summed E-state index contributed by atoms with van der Waals surface area (Å²) in [4.78, 5) is 11.3. The van der Waals surface area contributed by atoms with Gasteiger partial charge in [0.15, 0.2) is 6.10 Å². The molecule has 1 aliphatic rings. The zero-order valence-corrected chi connectivity index (χ0v) is 9.39. The van der Waals surface area contributed by atoms with Gasteiger partial charge in [0.1, 0.15) is 0 Å². The summed E-state index contributed by atoms with van der Waals surface area (Å²) in [5.74, 6) is -0.222. The molecule has 2 atom stereocenters. The third-order valence-corrected chi connectivity index (χ3v) is 2.66. The quantitative estimate of drug-likeness (QED) is 0.562. The molecule has 3 heteroatoms. The summed E-state index contributed by atoms with van der Waals surface area (Å²) in [6.45, 7) is 2.23. The predicted octanol–water partition coefficient (Wildman–Crippen LogP) is 1.95. The molecule has 1 aliphatic heterocycles. The molecule has 0 spiro atoms. The van der Waals surface area contributed by atoms with Gasteiger partial charge in [-0.05, 0) is 25.3 Å². The first-order valence-electron chi connectivity index (χ1n) is 5.67. The first kappa shape index (κ1) is 11.1. The lowest BCUT2D eigenvalue weighted by Crippen LogP contribution is -2.14. The molecule has 0 unspecified atom stereocenters. The minimum Gasteiger partial charge on any atom is -0.464 e. The topological polar surface area (TPSA) is 38.8 Å². The molecule has 1 saturated heterocycles. The summed E-state index contributed by atoms with van der Waals surface area (Å²) in [6, 6.07) is 10.2. The smallest absolute Gasteiger partial charge is 0.337 e. The number of carbonyl (C=O) groups is 1. The van der Waals surface area contributed by atoms with Crippen molar-refractivity contribution in [3.63, 3.8) is 0 Å². The zero-order chi connectivity index (χ0) is 11.4. The van der Waals surface area contributed by atoms with Crippen molar-refractivity contribution in [1.82, 2.24) is 0 Å². The van der Waals surface area contributed by atoms with Gasteiger partial charge in [-0.15, -0.1) is 0 Å². The Balaban J connectivity index is 1.72. The molecule has 1 aromatic rings. The van der Waals surface area contributed by atoms with Crippen molar-refractivity contribution >= 4 is 5.97 Å². The average molecular weight is 220 g/mol. The molecule has 0 aromatic heterocycles. The van der Waals surface area contributed by atoms with E-state index in [0.29, 0.717) is 6.61 Å². The van der Waals surface area contributed by atoms with Gasteiger partial charge in [0.2, 0.25) is 0 Å². The largest absolute Gasteiger partial charge is 0.464 e.